The van der Waals surface area contributed by atoms with E-state index < -0.39 is 5.82 Å². The fourth-order valence-corrected chi connectivity index (χ4v) is 2.46. The number of ketones is 1. The van der Waals surface area contributed by atoms with Crippen LogP contribution in [0, 0.1) is 11.6 Å². The maximum Gasteiger partial charge on any atom is 0.173 e. The molecule has 2 aromatic rings. The normalized spacial score (nSPS) is 10.3. The van der Waals surface area contributed by atoms with Crippen molar-refractivity contribution < 1.29 is 18.3 Å². The quantitative estimate of drug-likeness (QED) is 0.617. The Hall–Kier alpha value is -1.88. The number of hydrogen-bond acceptors (Lipinski definition) is 3. The Morgan fingerprint density at radius 2 is 2.00 bits per heavy atom. The molecule has 0 radical (unpaired) electrons. The van der Waals surface area contributed by atoms with E-state index in [0.29, 0.717) is 4.90 Å². The van der Waals surface area contributed by atoms with Gasteiger partial charge in [0.25, 0.3) is 0 Å². The summed E-state index contributed by atoms with van der Waals surface area (Å²) in [6.45, 7) is 0. The van der Waals surface area contributed by atoms with Crippen molar-refractivity contribution in [2.45, 2.75) is 4.90 Å². The Labute approximate surface area is 119 Å². The molecule has 0 amide bonds. The van der Waals surface area contributed by atoms with Crippen LogP contribution in [-0.4, -0.2) is 18.6 Å². The second kappa shape index (κ2) is 6.52. The van der Waals surface area contributed by atoms with Crippen LogP contribution in [0.3, 0.4) is 0 Å². The van der Waals surface area contributed by atoms with Gasteiger partial charge in [-0.3, -0.25) is 4.79 Å². The van der Waals surface area contributed by atoms with Gasteiger partial charge in [-0.25, -0.2) is 8.78 Å². The van der Waals surface area contributed by atoms with Crippen LogP contribution in [0.25, 0.3) is 0 Å². The summed E-state index contributed by atoms with van der Waals surface area (Å²) in [7, 11) is 1.36. The van der Waals surface area contributed by atoms with Gasteiger partial charge >= 0.3 is 0 Å². The zero-order valence-electron chi connectivity index (χ0n) is 10.7. The molecule has 0 aliphatic rings. The molecule has 0 atom stereocenters. The third kappa shape index (κ3) is 3.57. The van der Waals surface area contributed by atoms with E-state index in [-0.39, 0.29) is 28.7 Å². The van der Waals surface area contributed by atoms with E-state index in [0.717, 1.165) is 6.07 Å². The molecule has 0 bridgehead atoms. The number of Topliss-reactive ketones (excluding diaryl/α,β-unsaturated/α-hetero) is 1. The third-order valence-corrected chi connectivity index (χ3v) is 3.63. The second-order valence-electron chi connectivity index (χ2n) is 4.02. The van der Waals surface area contributed by atoms with Gasteiger partial charge in [0, 0.05) is 10.5 Å². The van der Waals surface area contributed by atoms with Crippen molar-refractivity contribution in [3.8, 4) is 5.75 Å². The summed E-state index contributed by atoms with van der Waals surface area (Å²) in [6.07, 6.45) is 0. The zero-order valence-corrected chi connectivity index (χ0v) is 11.5. The van der Waals surface area contributed by atoms with E-state index in [2.05, 4.69) is 0 Å². The van der Waals surface area contributed by atoms with Crippen LogP contribution >= 0.6 is 11.8 Å². The van der Waals surface area contributed by atoms with E-state index in [9.17, 15) is 13.6 Å². The highest BCUT2D eigenvalue weighted by molar-refractivity contribution is 8.00. The van der Waals surface area contributed by atoms with Crippen LogP contribution in [0.5, 0.6) is 5.75 Å². The molecule has 0 saturated heterocycles. The summed E-state index contributed by atoms with van der Waals surface area (Å²) in [6, 6.07) is 10.1. The first-order valence-electron chi connectivity index (χ1n) is 5.85. The van der Waals surface area contributed by atoms with Crippen molar-refractivity contribution in [1.82, 2.24) is 0 Å². The number of thioether (sulfide) groups is 1. The molecular weight excluding hydrogens is 282 g/mol. The highest BCUT2D eigenvalue weighted by atomic mass is 32.2. The lowest BCUT2D eigenvalue weighted by molar-refractivity contribution is 0.102. The Morgan fingerprint density at radius 1 is 1.20 bits per heavy atom. The summed E-state index contributed by atoms with van der Waals surface area (Å²) in [4.78, 5) is 12.6. The molecule has 2 nitrogen and oxygen atoms in total. The molecule has 0 aromatic heterocycles. The minimum absolute atomic E-state index is 0.0966. The first-order valence-corrected chi connectivity index (χ1v) is 6.84. The van der Waals surface area contributed by atoms with Crippen LogP contribution in [-0.2, 0) is 0 Å². The van der Waals surface area contributed by atoms with Crippen LogP contribution in [0.1, 0.15) is 10.4 Å². The number of benzene rings is 2. The SMILES string of the molecule is COc1ccc(C(=O)CSc2cccc(F)c2)cc1F. The Morgan fingerprint density at radius 3 is 2.65 bits per heavy atom. The topological polar surface area (TPSA) is 26.3 Å². The molecular formula is C15H12F2O2S. The fourth-order valence-electron chi connectivity index (χ4n) is 1.63. The lowest BCUT2D eigenvalue weighted by Gasteiger charge is -2.05. The fraction of sp³-hybridized carbons (Fsp3) is 0.133. The molecule has 0 heterocycles. The lowest BCUT2D eigenvalue weighted by Crippen LogP contribution is -2.03. The summed E-state index contributed by atoms with van der Waals surface area (Å²) < 4.78 is 31.3. The lowest BCUT2D eigenvalue weighted by atomic mass is 10.1. The van der Waals surface area contributed by atoms with Gasteiger partial charge in [0.1, 0.15) is 5.82 Å². The average Bonchev–Trinajstić information content (AvgIpc) is 2.44. The molecule has 0 saturated carbocycles. The summed E-state index contributed by atoms with van der Waals surface area (Å²) in [5.74, 6) is -0.929. The van der Waals surface area contributed by atoms with Gasteiger partial charge in [-0.05, 0) is 36.4 Å². The number of carbonyl (C=O) groups is 1. The average molecular weight is 294 g/mol. The maximum atomic E-state index is 13.5. The van der Waals surface area contributed by atoms with E-state index in [1.807, 2.05) is 0 Å². The number of halogens is 2. The van der Waals surface area contributed by atoms with Crippen molar-refractivity contribution in [3.63, 3.8) is 0 Å². The number of ether oxygens (including phenoxy) is 1. The number of carbonyl (C=O) groups excluding carboxylic acids is 1. The first-order chi connectivity index (χ1) is 9.60. The zero-order chi connectivity index (χ0) is 14.5. The minimum Gasteiger partial charge on any atom is -0.494 e. The highest BCUT2D eigenvalue weighted by Crippen LogP contribution is 2.22. The predicted octanol–water partition coefficient (Wildman–Crippen LogP) is 3.95. The Kier molecular flexibility index (Phi) is 4.74. The van der Waals surface area contributed by atoms with Crippen molar-refractivity contribution >= 4 is 17.5 Å². The molecule has 0 fully saturated rings. The van der Waals surface area contributed by atoms with Crippen LogP contribution < -0.4 is 4.74 Å². The highest BCUT2D eigenvalue weighted by Gasteiger charge is 2.10. The number of rotatable bonds is 5. The molecule has 2 aromatic carbocycles. The van der Waals surface area contributed by atoms with E-state index >= 15 is 0 Å². The molecule has 0 spiro atoms. The Bertz CT molecular complexity index is 629. The largest absolute Gasteiger partial charge is 0.494 e. The smallest absolute Gasteiger partial charge is 0.173 e. The van der Waals surface area contributed by atoms with Gasteiger partial charge in [0.15, 0.2) is 17.3 Å². The van der Waals surface area contributed by atoms with Crippen molar-refractivity contribution in [2.75, 3.05) is 12.9 Å². The summed E-state index contributed by atoms with van der Waals surface area (Å²) in [5, 5.41) is 0. The van der Waals surface area contributed by atoms with Crippen LogP contribution in [0.2, 0.25) is 0 Å². The molecule has 0 N–H and O–H groups in total. The monoisotopic (exact) mass is 294 g/mol. The Balaban J connectivity index is 2.03. The second-order valence-corrected chi connectivity index (χ2v) is 5.07. The van der Waals surface area contributed by atoms with Crippen molar-refractivity contribution in [3.05, 3.63) is 59.7 Å². The number of hydrogen-bond donors (Lipinski definition) is 0. The van der Waals surface area contributed by atoms with Gasteiger partial charge in [-0.1, -0.05) is 6.07 Å². The van der Waals surface area contributed by atoms with E-state index in [4.69, 9.17) is 4.74 Å². The molecule has 5 heteroatoms. The van der Waals surface area contributed by atoms with Crippen LogP contribution in [0.4, 0.5) is 8.78 Å². The van der Waals surface area contributed by atoms with Crippen LogP contribution in [0.15, 0.2) is 47.4 Å². The standard InChI is InChI=1S/C15H12F2O2S/c1-19-15-6-5-10(7-13(15)17)14(18)9-20-12-4-2-3-11(16)8-12/h2-8H,9H2,1H3. The van der Waals surface area contributed by atoms with Gasteiger partial charge < -0.3 is 4.74 Å². The summed E-state index contributed by atoms with van der Waals surface area (Å²) in [5.41, 5.74) is 0.271. The number of methoxy groups -OCH3 is 1. The van der Waals surface area contributed by atoms with Gasteiger partial charge in [0.2, 0.25) is 0 Å². The van der Waals surface area contributed by atoms with Gasteiger partial charge in [-0.15, -0.1) is 11.8 Å². The third-order valence-electron chi connectivity index (χ3n) is 2.64. The van der Waals surface area contributed by atoms with Crippen molar-refractivity contribution in [2.24, 2.45) is 0 Å². The van der Waals surface area contributed by atoms with Crippen molar-refractivity contribution in [1.29, 1.82) is 0 Å². The molecule has 0 aliphatic heterocycles. The molecule has 20 heavy (non-hydrogen) atoms. The van der Waals surface area contributed by atoms with E-state index in [1.165, 1.54) is 43.1 Å². The molecule has 104 valence electrons. The predicted molar refractivity (Wildman–Crippen MR) is 74.4 cm³/mol. The first kappa shape index (κ1) is 14.5. The molecule has 0 aliphatic carbocycles. The minimum atomic E-state index is -0.575. The van der Waals surface area contributed by atoms with E-state index in [1.54, 1.807) is 12.1 Å². The van der Waals surface area contributed by atoms with Gasteiger partial charge in [-0.2, -0.15) is 0 Å². The molecule has 0 unspecified atom stereocenters. The maximum absolute atomic E-state index is 13.5. The van der Waals surface area contributed by atoms with Gasteiger partial charge in [0.05, 0.1) is 12.9 Å². The molecule has 2 rings (SSSR count). The summed E-state index contributed by atoms with van der Waals surface area (Å²) >= 11 is 1.21.